The number of hydrogen-bond acceptors (Lipinski definition) is 2. The van der Waals surface area contributed by atoms with E-state index in [2.05, 4.69) is 22.6 Å². The van der Waals surface area contributed by atoms with Gasteiger partial charge in [0.25, 0.3) is 5.91 Å². The number of carbonyl (C=O) groups is 1. The van der Waals surface area contributed by atoms with Crippen LogP contribution in [0.1, 0.15) is 22.8 Å². The Morgan fingerprint density at radius 2 is 1.90 bits per heavy atom. The van der Waals surface area contributed by atoms with Crippen LogP contribution in [-0.4, -0.2) is 24.4 Å². The number of amides is 1. The molecule has 3 nitrogen and oxygen atoms in total. The lowest BCUT2D eigenvalue weighted by Crippen LogP contribution is -2.26. The quantitative estimate of drug-likeness (QED) is 0.718. The average Bonchev–Trinajstić information content (AvgIpc) is 2.53. The lowest BCUT2D eigenvalue weighted by atomic mass is 10.2. The Balaban J connectivity index is 2.07. The predicted octanol–water partition coefficient (Wildman–Crippen LogP) is 3.96. The Kier molecular flexibility index (Phi) is 5.61. The number of rotatable bonds is 5. The van der Waals surface area contributed by atoms with Crippen LogP contribution in [0.15, 0.2) is 48.5 Å². The van der Waals surface area contributed by atoms with Gasteiger partial charge in [-0.25, -0.2) is 0 Å². The Morgan fingerprint density at radius 1 is 1.19 bits per heavy atom. The number of hydrogen-bond donors (Lipinski definition) is 0. The van der Waals surface area contributed by atoms with Crippen molar-refractivity contribution in [3.63, 3.8) is 0 Å². The minimum atomic E-state index is 0.0324. The molecule has 4 heteroatoms. The molecule has 0 atom stereocenters. The van der Waals surface area contributed by atoms with Gasteiger partial charge in [0, 0.05) is 19.2 Å². The molecule has 110 valence electrons. The number of nitrogens with zero attached hydrogens (tertiary/aromatic N) is 1. The van der Waals surface area contributed by atoms with E-state index in [9.17, 15) is 4.79 Å². The average molecular weight is 395 g/mol. The van der Waals surface area contributed by atoms with Gasteiger partial charge in [0.15, 0.2) is 0 Å². The zero-order valence-corrected chi connectivity index (χ0v) is 14.3. The van der Waals surface area contributed by atoms with Crippen molar-refractivity contribution >= 4 is 28.5 Å². The summed E-state index contributed by atoms with van der Waals surface area (Å²) >= 11 is 2.20. The van der Waals surface area contributed by atoms with E-state index in [1.165, 1.54) is 0 Å². The first kappa shape index (κ1) is 15.8. The molecule has 0 saturated heterocycles. The maximum atomic E-state index is 12.1. The van der Waals surface area contributed by atoms with E-state index in [-0.39, 0.29) is 5.91 Å². The molecule has 2 aromatic carbocycles. The third kappa shape index (κ3) is 4.20. The Labute approximate surface area is 139 Å². The zero-order chi connectivity index (χ0) is 15.2. The minimum absolute atomic E-state index is 0.0324. The van der Waals surface area contributed by atoms with E-state index < -0.39 is 0 Å². The van der Waals surface area contributed by atoms with Crippen molar-refractivity contribution in [2.45, 2.75) is 13.5 Å². The first-order valence-corrected chi connectivity index (χ1v) is 7.91. The molecular formula is C17H18INO2. The molecule has 2 rings (SSSR count). The largest absolute Gasteiger partial charge is 0.488 e. The second-order valence-electron chi connectivity index (χ2n) is 4.74. The van der Waals surface area contributed by atoms with Gasteiger partial charge in [0.05, 0.1) is 3.57 Å². The standard InChI is InChI=1S/C17H18INO2/c1-3-19(2)17(20)14-9-10-16(15(18)11-14)21-12-13-7-5-4-6-8-13/h4-11H,3,12H2,1-2H3. The highest BCUT2D eigenvalue weighted by molar-refractivity contribution is 14.1. The summed E-state index contributed by atoms with van der Waals surface area (Å²) in [4.78, 5) is 13.8. The first-order chi connectivity index (χ1) is 10.1. The van der Waals surface area contributed by atoms with Crippen LogP contribution >= 0.6 is 22.6 Å². The van der Waals surface area contributed by atoms with Gasteiger partial charge in [-0.1, -0.05) is 30.3 Å². The first-order valence-electron chi connectivity index (χ1n) is 6.83. The van der Waals surface area contributed by atoms with Crippen LogP contribution in [-0.2, 0) is 6.61 Å². The Bertz CT molecular complexity index is 613. The summed E-state index contributed by atoms with van der Waals surface area (Å²) in [7, 11) is 1.80. The molecular weight excluding hydrogens is 377 g/mol. The minimum Gasteiger partial charge on any atom is -0.488 e. The number of carbonyl (C=O) groups excluding carboxylic acids is 1. The van der Waals surface area contributed by atoms with Crippen LogP contribution in [0.3, 0.4) is 0 Å². The van der Waals surface area contributed by atoms with Crippen molar-refractivity contribution in [1.29, 1.82) is 0 Å². The smallest absolute Gasteiger partial charge is 0.253 e. The molecule has 0 radical (unpaired) electrons. The fourth-order valence-corrected chi connectivity index (χ4v) is 2.52. The van der Waals surface area contributed by atoms with E-state index >= 15 is 0 Å². The molecule has 1 amide bonds. The molecule has 0 fully saturated rings. The van der Waals surface area contributed by atoms with Crippen LogP contribution < -0.4 is 4.74 Å². The fourth-order valence-electron chi connectivity index (χ4n) is 1.85. The lowest BCUT2D eigenvalue weighted by Gasteiger charge is -2.15. The van der Waals surface area contributed by atoms with Crippen LogP contribution in [0.25, 0.3) is 0 Å². The summed E-state index contributed by atoms with van der Waals surface area (Å²) < 4.78 is 6.76. The molecule has 0 aliphatic heterocycles. The normalized spacial score (nSPS) is 10.2. The summed E-state index contributed by atoms with van der Waals surface area (Å²) in [5.41, 5.74) is 1.81. The molecule has 0 unspecified atom stereocenters. The number of benzene rings is 2. The van der Waals surface area contributed by atoms with E-state index in [1.807, 2.05) is 55.5 Å². The monoisotopic (exact) mass is 395 g/mol. The van der Waals surface area contributed by atoms with Crippen LogP contribution in [0.2, 0.25) is 0 Å². The second-order valence-corrected chi connectivity index (χ2v) is 5.90. The lowest BCUT2D eigenvalue weighted by molar-refractivity contribution is 0.0802. The summed E-state index contributed by atoms with van der Waals surface area (Å²) in [6.45, 7) is 3.18. The number of halogens is 1. The highest BCUT2D eigenvalue weighted by atomic mass is 127. The fraction of sp³-hybridized carbons (Fsp3) is 0.235. The van der Waals surface area contributed by atoms with Crippen LogP contribution in [0, 0.1) is 3.57 Å². The van der Waals surface area contributed by atoms with Gasteiger partial charge in [-0.15, -0.1) is 0 Å². The van der Waals surface area contributed by atoms with Crippen molar-refractivity contribution in [2.24, 2.45) is 0 Å². The van der Waals surface area contributed by atoms with Gasteiger partial charge in [0.1, 0.15) is 12.4 Å². The van der Waals surface area contributed by atoms with Crippen molar-refractivity contribution in [3.8, 4) is 5.75 Å². The molecule has 0 aromatic heterocycles. The Hall–Kier alpha value is -1.56. The van der Waals surface area contributed by atoms with Gasteiger partial charge < -0.3 is 9.64 Å². The molecule has 0 saturated carbocycles. The topological polar surface area (TPSA) is 29.5 Å². The van der Waals surface area contributed by atoms with Gasteiger partial charge >= 0.3 is 0 Å². The van der Waals surface area contributed by atoms with Crippen LogP contribution in [0.4, 0.5) is 0 Å². The SMILES string of the molecule is CCN(C)C(=O)c1ccc(OCc2ccccc2)c(I)c1. The van der Waals surface area contributed by atoms with Gasteiger partial charge in [-0.2, -0.15) is 0 Å². The van der Waals surface area contributed by atoms with Gasteiger partial charge in [0.2, 0.25) is 0 Å². The zero-order valence-electron chi connectivity index (χ0n) is 12.2. The predicted molar refractivity (Wildman–Crippen MR) is 92.6 cm³/mol. The summed E-state index contributed by atoms with van der Waals surface area (Å²) in [5, 5.41) is 0. The summed E-state index contributed by atoms with van der Waals surface area (Å²) in [6, 6.07) is 15.6. The van der Waals surface area contributed by atoms with Crippen molar-refractivity contribution in [3.05, 3.63) is 63.2 Å². The third-order valence-electron chi connectivity index (χ3n) is 3.24. The molecule has 21 heavy (non-hydrogen) atoms. The van der Waals surface area contributed by atoms with Gasteiger partial charge in [-0.05, 0) is 53.3 Å². The molecule has 0 N–H and O–H groups in total. The van der Waals surface area contributed by atoms with E-state index in [4.69, 9.17) is 4.74 Å². The molecule has 0 bridgehead atoms. The molecule has 2 aromatic rings. The summed E-state index contributed by atoms with van der Waals surface area (Å²) in [5.74, 6) is 0.833. The maximum absolute atomic E-state index is 12.1. The molecule has 0 aliphatic carbocycles. The molecule has 0 aliphatic rings. The summed E-state index contributed by atoms with van der Waals surface area (Å²) in [6.07, 6.45) is 0. The van der Waals surface area contributed by atoms with E-state index in [0.717, 1.165) is 14.9 Å². The Morgan fingerprint density at radius 3 is 2.52 bits per heavy atom. The highest BCUT2D eigenvalue weighted by Crippen LogP contribution is 2.23. The van der Waals surface area contributed by atoms with Crippen molar-refractivity contribution < 1.29 is 9.53 Å². The number of ether oxygens (including phenoxy) is 1. The van der Waals surface area contributed by atoms with E-state index in [0.29, 0.717) is 18.7 Å². The second kappa shape index (κ2) is 7.45. The maximum Gasteiger partial charge on any atom is 0.253 e. The molecule has 0 spiro atoms. The van der Waals surface area contributed by atoms with Crippen molar-refractivity contribution in [2.75, 3.05) is 13.6 Å². The third-order valence-corrected chi connectivity index (χ3v) is 4.08. The van der Waals surface area contributed by atoms with Crippen LogP contribution in [0.5, 0.6) is 5.75 Å². The molecule has 0 heterocycles. The van der Waals surface area contributed by atoms with E-state index in [1.54, 1.807) is 11.9 Å². The highest BCUT2D eigenvalue weighted by Gasteiger charge is 2.12. The van der Waals surface area contributed by atoms with Crippen molar-refractivity contribution in [1.82, 2.24) is 4.90 Å². The van der Waals surface area contributed by atoms with Gasteiger partial charge in [-0.3, -0.25) is 4.79 Å².